The second-order valence-corrected chi connectivity index (χ2v) is 4.53. The Morgan fingerprint density at radius 1 is 1.29 bits per heavy atom. The smallest absolute Gasteiger partial charge is 0.336 e. The molecule has 88 valence electrons. The first-order valence-corrected chi connectivity index (χ1v) is 6.09. The van der Waals surface area contributed by atoms with Gasteiger partial charge in [-0.15, -0.1) is 0 Å². The third-order valence-electron chi connectivity index (χ3n) is 2.76. The minimum atomic E-state index is -0.968. The van der Waals surface area contributed by atoms with Gasteiger partial charge in [0.15, 0.2) is 0 Å². The second kappa shape index (κ2) is 4.67. The van der Waals surface area contributed by atoms with Crippen LogP contribution < -0.4 is 0 Å². The van der Waals surface area contributed by atoms with E-state index in [1.807, 2.05) is 6.92 Å². The van der Waals surface area contributed by atoms with E-state index in [0.29, 0.717) is 11.1 Å². The predicted molar refractivity (Wildman–Crippen MR) is 65.2 cm³/mol. The standard InChI is InChI=1S/C13H11FO2S/c1-8(9-4-2-3-5-12(9)14)10-6-17-7-11(10)13(15)16/h2-8H,1H3,(H,15,16). The van der Waals surface area contributed by atoms with Gasteiger partial charge < -0.3 is 5.11 Å². The van der Waals surface area contributed by atoms with Crippen LogP contribution in [0.25, 0.3) is 0 Å². The minimum Gasteiger partial charge on any atom is -0.478 e. The zero-order chi connectivity index (χ0) is 12.4. The number of halogens is 1. The number of rotatable bonds is 3. The molecule has 0 spiro atoms. The van der Waals surface area contributed by atoms with Gasteiger partial charge in [-0.1, -0.05) is 25.1 Å². The van der Waals surface area contributed by atoms with E-state index >= 15 is 0 Å². The van der Waals surface area contributed by atoms with Crippen LogP contribution in [0, 0.1) is 5.82 Å². The normalized spacial score (nSPS) is 12.4. The first-order valence-electron chi connectivity index (χ1n) is 5.15. The fourth-order valence-corrected chi connectivity index (χ4v) is 2.73. The molecule has 17 heavy (non-hydrogen) atoms. The first-order chi connectivity index (χ1) is 8.11. The van der Waals surface area contributed by atoms with Crippen molar-refractivity contribution in [3.63, 3.8) is 0 Å². The molecule has 0 bridgehead atoms. The van der Waals surface area contributed by atoms with Gasteiger partial charge in [0.1, 0.15) is 5.82 Å². The van der Waals surface area contributed by atoms with Crippen molar-refractivity contribution in [1.29, 1.82) is 0 Å². The van der Waals surface area contributed by atoms with E-state index in [1.54, 1.807) is 29.0 Å². The molecule has 0 saturated carbocycles. The Morgan fingerprint density at radius 3 is 2.65 bits per heavy atom. The maximum Gasteiger partial charge on any atom is 0.336 e. The molecule has 1 N–H and O–H groups in total. The fourth-order valence-electron chi connectivity index (χ4n) is 1.81. The van der Waals surface area contributed by atoms with E-state index in [0.717, 1.165) is 0 Å². The number of thiophene rings is 1. The number of benzene rings is 1. The highest BCUT2D eigenvalue weighted by atomic mass is 32.1. The van der Waals surface area contributed by atoms with Crippen molar-refractivity contribution in [2.75, 3.05) is 0 Å². The molecule has 1 aromatic carbocycles. The van der Waals surface area contributed by atoms with Gasteiger partial charge in [0.25, 0.3) is 0 Å². The molecule has 0 fully saturated rings. The highest BCUT2D eigenvalue weighted by Gasteiger charge is 2.19. The lowest BCUT2D eigenvalue weighted by atomic mass is 9.92. The first kappa shape index (κ1) is 11.8. The summed E-state index contributed by atoms with van der Waals surface area (Å²) in [6.07, 6.45) is 0. The highest BCUT2D eigenvalue weighted by Crippen LogP contribution is 2.30. The minimum absolute atomic E-state index is 0.255. The molecule has 1 atom stereocenters. The zero-order valence-corrected chi connectivity index (χ0v) is 10.00. The van der Waals surface area contributed by atoms with Crippen molar-refractivity contribution >= 4 is 17.3 Å². The molecule has 4 heteroatoms. The van der Waals surface area contributed by atoms with Crippen molar-refractivity contribution in [3.05, 3.63) is 57.5 Å². The van der Waals surface area contributed by atoms with Gasteiger partial charge >= 0.3 is 5.97 Å². The monoisotopic (exact) mass is 250 g/mol. The molecular formula is C13H11FO2S. The van der Waals surface area contributed by atoms with E-state index in [2.05, 4.69) is 0 Å². The number of hydrogen-bond donors (Lipinski definition) is 1. The average molecular weight is 250 g/mol. The molecule has 1 unspecified atom stereocenters. The molecule has 0 amide bonds. The Morgan fingerprint density at radius 2 is 2.00 bits per heavy atom. The summed E-state index contributed by atoms with van der Waals surface area (Å²) < 4.78 is 13.6. The van der Waals surface area contributed by atoms with Gasteiger partial charge in [0.2, 0.25) is 0 Å². The van der Waals surface area contributed by atoms with Crippen molar-refractivity contribution in [2.24, 2.45) is 0 Å². The molecule has 0 aliphatic heterocycles. The molecule has 2 nitrogen and oxygen atoms in total. The van der Waals surface area contributed by atoms with Crippen molar-refractivity contribution in [3.8, 4) is 0 Å². The van der Waals surface area contributed by atoms with Crippen LogP contribution in [-0.4, -0.2) is 11.1 Å². The summed E-state index contributed by atoms with van der Waals surface area (Å²) in [4.78, 5) is 11.0. The maximum atomic E-state index is 13.6. The summed E-state index contributed by atoms with van der Waals surface area (Å²) in [6.45, 7) is 1.81. The highest BCUT2D eigenvalue weighted by molar-refractivity contribution is 7.08. The zero-order valence-electron chi connectivity index (χ0n) is 9.18. The summed E-state index contributed by atoms with van der Waals surface area (Å²) in [7, 11) is 0. The third-order valence-corrected chi connectivity index (χ3v) is 3.52. The maximum absolute atomic E-state index is 13.6. The summed E-state index contributed by atoms with van der Waals surface area (Å²) in [5.74, 6) is -1.53. The topological polar surface area (TPSA) is 37.3 Å². The number of carboxylic acid groups (broad SMARTS) is 1. The third kappa shape index (κ3) is 2.22. The molecule has 0 aliphatic carbocycles. The van der Waals surface area contributed by atoms with Gasteiger partial charge in [-0.2, -0.15) is 11.3 Å². The number of aromatic carboxylic acids is 1. The number of carbonyl (C=O) groups is 1. The van der Waals surface area contributed by atoms with Crippen LogP contribution in [0.1, 0.15) is 34.3 Å². The molecule has 0 saturated heterocycles. The molecule has 2 rings (SSSR count). The van der Waals surface area contributed by atoms with Crippen molar-refractivity contribution in [2.45, 2.75) is 12.8 Å². The summed E-state index contributed by atoms with van der Waals surface area (Å²) in [6, 6.07) is 6.45. The summed E-state index contributed by atoms with van der Waals surface area (Å²) in [5, 5.41) is 12.4. The Hall–Kier alpha value is -1.68. The number of hydrogen-bond acceptors (Lipinski definition) is 2. The Balaban J connectivity index is 2.44. The lowest BCUT2D eigenvalue weighted by Crippen LogP contribution is -2.04. The lowest BCUT2D eigenvalue weighted by Gasteiger charge is -2.12. The van der Waals surface area contributed by atoms with Gasteiger partial charge in [-0.25, -0.2) is 9.18 Å². The van der Waals surface area contributed by atoms with E-state index in [9.17, 15) is 9.18 Å². The van der Waals surface area contributed by atoms with Crippen molar-refractivity contribution < 1.29 is 14.3 Å². The SMILES string of the molecule is CC(c1ccccc1F)c1cscc1C(=O)O. The summed E-state index contributed by atoms with van der Waals surface area (Å²) in [5.41, 5.74) is 1.44. The van der Waals surface area contributed by atoms with Gasteiger partial charge in [0, 0.05) is 11.3 Å². The quantitative estimate of drug-likeness (QED) is 0.901. The van der Waals surface area contributed by atoms with E-state index in [-0.39, 0.29) is 17.3 Å². The second-order valence-electron chi connectivity index (χ2n) is 3.79. The lowest BCUT2D eigenvalue weighted by molar-refractivity contribution is 0.0696. The largest absolute Gasteiger partial charge is 0.478 e. The Labute approximate surface area is 102 Å². The van der Waals surface area contributed by atoms with Crippen LogP contribution >= 0.6 is 11.3 Å². The van der Waals surface area contributed by atoms with Gasteiger partial charge in [-0.3, -0.25) is 0 Å². The fraction of sp³-hybridized carbons (Fsp3) is 0.154. The Bertz CT molecular complexity index is 548. The molecular weight excluding hydrogens is 239 g/mol. The van der Waals surface area contributed by atoms with E-state index in [4.69, 9.17) is 5.11 Å². The summed E-state index contributed by atoms with van der Waals surface area (Å²) >= 11 is 1.32. The van der Waals surface area contributed by atoms with Crippen LogP contribution in [-0.2, 0) is 0 Å². The van der Waals surface area contributed by atoms with Crippen LogP contribution in [0.4, 0.5) is 4.39 Å². The average Bonchev–Trinajstić information content (AvgIpc) is 2.77. The molecule has 0 radical (unpaired) electrons. The molecule has 1 aromatic heterocycles. The van der Waals surface area contributed by atoms with Crippen LogP contribution in [0.2, 0.25) is 0 Å². The van der Waals surface area contributed by atoms with Crippen LogP contribution in [0.15, 0.2) is 35.0 Å². The van der Waals surface area contributed by atoms with Gasteiger partial charge in [-0.05, 0) is 22.6 Å². The van der Waals surface area contributed by atoms with Crippen LogP contribution in [0.5, 0.6) is 0 Å². The number of carboxylic acids is 1. The molecule has 0 aliphatic rings. The molecule has 2 aromatic rings. The molecule has 1 heterocycles. The van der Waals surface area contributed by atoms with Crippen molar-refractivity contribution in [1.82, 2.24) is 0 Å². The predicted octanol–water partition coefficient (Wildman–Crippen LogP) is 3.74. The van der Waals surface area contributed by atoms with E-state index < -0.39 is 5.97 Å². The Kier molecular flexibility index (Phi) is 3.24. The van der Waals surface area contributed by atoms with Gasteiger partial charge in [0.05, 0.1) is 5.56 Å². The van der Waals surface area contributed by atoms with Crippen LogP contribution in [0.3, 0.4) is 0 Å². The van der Waals surface area contributed by atoms with E-state index in [1.165, 1.54) is 17.4 Å².